The van der Waals surface area contributed by atoms with E-state index in [1.165, 1.54) is 11.1 Å². The first-order valence-electron chi connectivity index (χ1n) is 6.96. The lowest BCUT2D eigenvalue weighted by atomic mass is 9.88. The highest BCUT2D eigenvalue weighted by Gasteiger charge is 2.14. The monoisotopic (exact) mass is 264 g/mol. The van der Waals surface area contributed by atoms with Gasteiger partial charge in [0, 0.05) is 5.92 Å². The van der Waals surface area contributed by atoms with E-state index in [9.17, 15) is 0 Å². The van der Waals surface area contributed by atoms with Gasteiger partial charge in [-0.2, -0.15) is 5.26 Å². The summed E-state index contributed by atoms with van der Waals surface area (Å²) in [5, 5.41) is 8.74. The Bertz CT molecular complexity index is 503. The molecule has 0 aromatic heterocycles. The number of nitrogens with zero attached hydrogens (tertiary/aromatic N) is 2. The number of hydrogen-bond donors (Lipinski definition) is 0. The van der Waals surface area contributed by atoms with Gasteiger partial charge in [-0.3, -0.25) is 4.90 Å². The van der Waals surface area contributed by atoms with Crippen molar-refractivity contribution in [3.8, 4) is 6.07 Å². The molecule has 0 aliphatic carbocycles. The maximum Gasteiger partial charge on any atom is 0.0863 e. The molecular weight excluding hydrogens is 244 g/mol. The zero-order valence-corrected chi connectivity index (χ0v) is 11.9. The molecule has 0 bridgehead atoms. The lowest BCUT2D eigenvalue weighted by molar-refractivity contribution is 0.360. The molecule has 2 aromatic rings. The molecule has 0 radical (unpaired) electrons. The van der Waals surface area contributed by atoms with Crippen molar-refractivity contribution in [1.82, 2.24) is 4.90 Å². The predicted molar refractivity (Wildman–Crippen MR) is 82.5 cm³/mol. The van der Waals surface area contributed by atoms with Gasteiger partial charge in [-0.25, -0.2) is 0 Å². The third kappa shape index (κ3) is 3.94. The van der Waals surface area contributed by atoms with E-state index in [-0.39, 0.29) is 0 Å². The molecule has 0 saturated heterocycles. The lowest BCUT2D eigenvalue weighted by Gasteiger charge is -2.21. The molecule has 0 fully saturated rings. The van der Waals surface area contributed by atoms with E-state index in [0.717, 1.165) is 13.0 Å². The van der Waals surface area contributed by atoms with Crippen LogP contribution in [0.4, 0.5) is 0 Å². The van der Waals surface area contributed by atoms with Gasteiger partial charge in [0.2, 0.25) is 0 Å². The zero-order valence-electron chi connectivity index (χ0n) is 11.9. The van der Waals surface area contributed by atoms with Crippen molar-refractivity contribution < 1.29 is 0 Å². The first-order chi connectivity index (χ1) is 9.81. The molecule has 20 heavy (non-hydrogen) atoms. The van der Waals surface area contributed by atoms with Gasteiger partial charge in [-0.05, 0) is 31.1 Å². The first-order valence-corrected chi connectivity index (χ1v) is 6.96. The summed E-state index contributed by atoms with van der Waals surface area (Å²) in [6.45, 7) is 1.40. The number of benzene rings is 2. The molecule has 0 heterocycles. The maximum atomic E-state index is 8.74. The Hall–Kier alpha value is -2.11. The van der Waals surface area contributed by atoms with Crippen molar-refractivity contribution >= 4 is 0 Å². The summed E-state index contributed by atoms with van der Waals surface area (Å²) in [7, 11) is 2.00. The van der Waals surface area contributed by atoms with Gasteiger partial charge in [0.05, 0.1) is 12.6 Å². The van der Waals surface area contributed by atoms with Gasteiger partial charge in [-0.15, -0.1) is 0 Å². The van der Waals surface area contributed by atoms with Crippen molar-refractivity contribution in [2.75, 3.05) is 20.1 Å². The van der Waals surface area contributed by atoms with Gasteiger partial charge in [-0.1, -0.05) is 60.7 Å². The topological polar surface area (TPSA) is 27.0 Å². The van der Waals surface area contributed by atoms with Crippen LogP contribution in [0.3, 0.4) is 0 Å². The van der Waals surface area contributed by atoms with Gasteiger partial charge in [0.1, 0.15) is 0 Å². The number of hydrogen-bond acceptors (Lipinski definition) is 2. The average molecular weight is 264 g/mol. The van der Waals surface area contributed by atoms with Crippen molar-refractivity contribution in [3.05, 3.63) is 71.8 Å². The molecule has 0 aliphatic heterocycles. The summed E-state index contributed by atoms with van der Waals surface area (Å²) in [5.74, 6) is 0.388. The van der Waals surface area contributed by atoms with Crippen LogP contribution in [0, 0.1) is 11.3 Å². The smallest absolute Gasteiger partial charge is 0.0863 e. The summed E-state index contributed by atoms with van der Waals surface area (Å²) in [6.07, 6.45) is 1.02. The van der Waals surface area contributed by atoms with E-state index in [4.69, 9.17) is 5.26 Å². The summed E-state index contributed by atoms with van der Waals surface area (Å²) in [6, 6.07) is 23.4. The van der Waals surface area contributed by atoms with Crippen molar-refractivity contribution in [1.29, 1.82) is 5.26 Å². The van der Waals surface area contributed by atoms with Crippen LogP contribution in [0.5, 0.6) is 0 Å². The molecular formula is C18H20N2. The molecule has 0 amide bonds. The quantitative estimate of drug-likeness (QED) is 0.744. The molecule has 2 aromatic carbocycles. The Morgan fingerprint density at radius 2 is 1.45 bits per heavy atom. The standard InChI is InChI=1S/C18H20N2/c1-20(15-13-19)14-12-18(16-8-4-2-5-9-16)17-10-6-3-7-11-17/h2-11,18H,12,14-15H2,1H3. The number of rotatable bonds is 6. The molecule has 102 valence electrons. The molecule has 0 N–H and O–H groups in total. The zero-order chi connectivity index (χ0) is 14.2. The molecule has 0 aliphatic rings. The number of nitriles is 1. The fourth-order valence-corrected chi connectivity index (χ4v) is 2.45. The second-order valence-electron chi connectivity index (χ2n) is 5.06. The highest BCUT2D eigenvalue weighted by Crippen LogP contribution is 2.27. The van der Waals surface area contributed by atoms with Crippen LogP contribution in [0.25, 0.3) is 0 Å². The van der Waals surface area contributed by atoms with Gasteiger partial charge < -0.3 is 0 Å². The van der Waals surface area contributed by atoms with Crippen LogP contribution in [0.2, 0.25) is 0 Å². The summed E-state index contributed by atoms with van der Waals surface area (Å²) in [4.78, 5) is 2.07. The minimum Gasteiger partial charge on any atom is -0.294 e. The Morgan fingerprint density at radius 1 is 0.950 bits per heavy atom. The normalized spacial score (nSPS) is 10.7. The highest BCUT2D eigenvalue weighted by atomic mass is 15.1. The maximum absolute atomic E-state index is 8.74. The van der Waals surface area contributed by atoms with E-state index in [0.29, 0.717) is 12.5 Å². The van der Waals surface area contributed by atoms with Crippen LogP contribution >= 0.6 is 0 Å². The van der Waals surface area contributed by atoms with Crippen LogP contribution < -0.4 is 0 Å². The minimum atomic E-state index is 0.388. The first kappa shape index (κ1) is 14.3. The molecule has 0 saturated carbocycles. The van der Waals surface area contributed by atoms with Gasteiger partial charge in [0.15, 0.2) is 0 Å². The van der Waals surface area contributed by atoms with E-state index >= 15 is 0 Å². The second kappa shape index (κ2) is 7.47. The van der Waals surface area contributed by atoms with Crippen LogP contribution in [-0.2, 0) is 0 Å². The van der Waals surface area contributed by atoms with Crippen molar-refractivity contribution in [3.63, 3.8) is 0 Å². The van der Waals surface area contributed by atoms with E-state index in [1.807, 2.05) is 19.2 Å². The van der Waals surface area contributed by atoms with E-state index in [2.05, 4.69) is 59.5 Å². The molecule has 0 spiro atoms. The minimum absolute atomic E-state index is 0.388. The summed E-state index contributed by atoms with van der Waals surface area (Å²) >= 11 is 0. The summed E-state index contributed by atoms with van der Waals surface area (Å²) < 4.78 is 0. The Labute approximate surface area is 121 Å². The summed E-state index contributed by atoms with van der Waals surface area (Å²) in [5.41, 5.74) is 2.67. The molecule has 2 nitrogen and oxygen atoms in total. The van der Waals surface area contributed by atoms with Crippen LogP contribution in [0.15, 0.2) is 60.7 Å². The van der Waals surface area contributed by atoms with Crippen LogP contribution in [-0.4, -0.2) is 25.0 Å². The van der Waals surface area contributed by atoms with Crippen LogP contribution in [0.1, 0.15) is 23.5 Å². The lowest BCUT2D eigenvalue weighted by Crippen LogP contribution is -2.21. The Morgan fingerprint density at radius 3 is 1.90 bits per heavy atom. The SMILES string of the molecule is CN(CC#N)CCC(c1ccccc1)c1ccccc1. The van der Waals surface area contributed by atoms with Crippen molar-refractivity contribution in [2.24, 2.45) is 0 Å². The Balaban J connectivity index is 2.16. The van der Waals surface area contributed by atoms with E-state index in [1.54, 1.807) is 0 Å². The Kier molecular flexibility index (Phi) is 5.34. The fraction of sp³-hybridized carbons (Fsp3) is 0.278. The third-order valence-corrected chi connectivity index (χ3v) is 3.54. The second-order valence-corrected chi connectivity index (χ2v) is 5.06. The predicted octanol–water partition coefficient (Wildman–Crippen LogP) is 3.66. The molecule has 0 atom stereocenters. The largest absolute Gasteiger partial charge is 0.294 e. The molecule has 0 unspecified atom stereocenters. The molecule has 2 rings (SSSR count). The van der Waals surface area contributed by atoms with Crippen molar-refractivity contribution in [2.45, 2.75) is 12.3 Å². The van der Waals surface area contributed by atoms with Gasteiger partial charge in [0.25, 0.3) is 0 Å². The third-order valence-electron chi connectivity index (χ3n) is 3.54. The highest BCUT2D eigenvalue weighted by molar-refractivity contribution is 5.32. The molecule has 2 heteroatoms. The van der Waals surface area contributed by atoms with E-state index < -0.39 is 0 Å². The fourth-order valence-electron chi connectivity index (χ4n) is 2.45. The average Bonchev–Trinajstić information content (AvgIpc) is 2.50. The van der Waals surface area contributed by atoms with Gasteiger partial charge >= 0.3 is 0 Å².